The van der Waals surface area contributed by atoms with Gasteiger partial charge < -0.3 is 10.6 Å². The number of carbonyl (C=O) groups excluding carboxylic acids is 1. The Hall–Kier alpha value is -2.12. The van der Waals surface area contributed by atoms with Crippen molar-refractivity contribution in [3.63, 3.8) is 0 Å². The summed E-state index contributed by atoms with van der Waals surface area (Å²) in [6.07, 6.45) is 0.980. The van der Waals surface area contributed by atoms with Crippen molar-refractivity contribution in [3.05, 3.63) is 58.9 Å². The molecule has 0 saturated heterocycles. The first kappa shape index (κ1) is 18.2. The predicted octanol–water partition coefficient (Wildman–Crippen LogP) is 2.61. The Kier molecular flexibility index (Phi) is 5.80. The summed E-state index contributed by atoms with van der Waals surface area (Å²) in [4.78, 5) is 11.7. The first-order valence-corrected chi connectivity index (χ1v) is 9.27. The number of rotatable bonds is 6. The lowest BCUT2D eigenvalue weighted by Gasteiger charge is -2.11. The van der Waals surface area contributed by atoms with Crippen LogP contribution in [0, 0.1) is 5.82 Å². The van der Waals surface area contributed by atoms with Gasteiger partial charge in [0.2, 0.25) is 5.91 Å². The molecule has 2 N–H and O–H groups in total. The van der Waals surface area contributed by atoms with E-state index >= 15 is 0 Å². The quantitative estimate of drug-likeness (QED) is 0.819. The molecule has 0 heterocycles. The summed E-state index contributed by atoms with van der Waals surface area (Å²) in [5.41, 5.74) is 1.06. The second kappa shape index (κ2) is 7.63. The van der Waals surface area contributed by atoms with Crippen LogP contribution in [-0.4, -0.2) is 27.1 Å². The van der Waals surface area contributed by atoms with Gasteiger partial charge in [0.1, 0.15) is 5.82 Å². The number of benzene rings is 2. The minimum atomic E-state index is -3.61. The van der Waals surface area contributed by atoms with E-state index in [1.54, 1.807) is 24.3 Å². The Morgan fingerprint density at radius 1 is 1.17 bits per heavy atom. The fraction of sp³-hybridized carbons (Fsp3) is 0.188. The van der Waals surface area contributed by atoms with E-state index in [0.29, 0.717) is 11.6 Å². The van der Waals surface area contributed by atoms with Crippen LogP contribution in [0.4, 0.5) is 10.1 Å². The largest absolute Gasteiger partial charge is 0.375 e. The summed E-state index contributed by atoms with van der Waals surface area (Å²) in [6.45, 7) is 0.182. The van der Waals surface area contributed by atoms with E-state index in [9.17, 15) is 17.6 Å². The van der Waals surface area contributed by atoms with Crippen LogP contribution in [0.25, 0.3) is 0 Å². The lowest BCUT2D eigenvalue weighted by Crippen LogP contribution is -2.29. The summed E-state index contributed by atoms with van der Waals surface area (Å²) in [6, 6.07) is 10.4. The molecule has 0 atom stereocenters. The fourth-order valence-electron chi connectivity index (χ4n) is 1.99. The molecular weight excluding hydrogens is 355 g/mol. The molecule has 128 valence electrons. The number of anilines is 1. The molecule has 2 aromatic rings. The van der Waals surface area contributed by atoms with Crippen molar-refractivity contribution < 1.29 is 17.6 Å². The molecule has 0 aliphatic heterocycles. The number of sulfone groups is 1. The van der Waals surface area contributed by atoms with Crippen LogP contribution in [0.1, 0.15) is 5.56 Å². The van der Waals surface area contributed by atoms with Crippen LogP contribution >= 0.6 is 11.6 Å². The van der Waals surface area contributed by atoms with Crippen molar-refractivity contribution in [2.24, 2.45) is 0 Å². The number of amides is 1. The Morgan fingerprint density at radius 2 is 1.83 bits per heavy atom. The number of nitrogens with one attached hydrogen (secondary N) is 2. The molecule has 0 fully saturated rings. The molecule has 0 radical (unpaired) electrons. The van der Waals surface area contributed by atoms with Gasteiger partial charge in [0.05, 0.1) is 17.1 Å². The molecule has 24 heavy (non-hydrogen) atoms. The third-order valence-corrected chi connectivity index (χ3v) is 4.57. The first-order chi connectivity index (χ1) is 11.3. The number of hydrogen-bond acceptors (Lipinski definition) is 4. The summed E-state index contributed by atoms with van der Waals surface area (Å²) in [5, 5.41) is 6.01. The molecule has 2 aromatic carbocycles. The molecule has 0 unspecified atom stereocenters. The third-order valence-electron chi connectivity index (χ3n) is 3.19. The maximum absolute atomic E-state index is 13.2. The monoisotopic (exact) mass is 370 g/mol. The van der Waals surface area contributed by atoms with Crippen molar-refractivity contribution in [1.82, 2.24) is 5.32 Å². The lowest BCUT2D eigenvalue weighted by molar-refractivity contribution is -0.119. The third kappa shape index (κ3) is 5.21. The summed E-state index contributed by atoms with van der Waals surface area (Å²) in [5.74, 6) is -0.984. The summed E-state index contributed by atoms with van der Waals surface area (Å²) in [7, 11) is -3.61. The molecular formula is C16H16ClFN2O3S. The van der Waals surface area contributed by atoms with Crippen molar-refractivity contribution in [1.29, 1.82) is 0 Å². The van der Waals surface area contributed by atoms with Crippen LogP contribution in [0.15, 0.2) is 47.4 Å². The van der Waals surface area contributed by atoms with Gasteiger partial charge in [-0.15, -0.1) is 0 Å². The Morgan fingerprint density at radius 3 is 2.46 bits per heavy atom. The average Bonchev–Trinajstić information content (AvgIpc) is 2.52. The lowest BCUT2D eigenvalue weighted by atomic mass is 10.2. The summed E-state index contributed by atoms with van der Waals surface area (Å²) < 4.78 is 36.6. The van der Waals surface area contributed by atoms with Gasteiger partial charge in [-0.2, -0.15) is 0 Å². The molecule has 1 amide bonds. The van der Waals surface area contributed by atoms with E-state index in [0.717, 1.165) is 24.0 Å². The van der Waals surface area contributed by atoms with Crippen LogP contribution in [0.5, 0.6) is 0 Å². The molecule has 0 aliphatic rings. The number of halogens is 2. The van der Waals surface area contributed by atoms with Crippen LogP contribution < -0.4 is 10.6 Å². The smallest absolute Gasteiger partial charge is 0.239 e. The van der Waals surface area contributed by atoms with E-state index in [4.69, 9.17) is 11.6 Å². The predicted molar refractivity (Wildman–Crippen MR) is 91.3 cm³/mol. The Bertz CT molecular complexity index is 839. The van der Waals surface area contributed by atoms with E-state index < -0.39 is 15.7 Å². The Balaban J connectivity index is 1.96. The van der Waals surface area contributed by atoms with Crippen LogP contribution in [-0.2, 0) is 21.2 Å². The number of hydrogen-bond donors (Lipinski definition) is 2. The van der Waals surface area contributed by atoms with Crippen molar-refractivity contribution >= 4 is 33.0 Å². The van der Waals surface area contributed by atoms with Gasteiger partial charge in [-0.3, -0.25) is 4.79 Å². The molecule has 2 rings (SSSR count). The standard InChI is InChI=1S/C16H16ClFN2O3S/c1-24(22,23)15-8-13(18)6-7-14(15)19-10-16(21)20-9-11-2-4-12(17)5-3-11/h2-8,19H,9-10H2,1H3,(H,20,21). The average molecular weight is 371 g/mol. The van der Waals surface area contributed by atoms with Crippen molar-refractivity contribution in [2.75, 3.05) is 18.1 Å². The maximum Gasteiger partial charge on any atom is 0.239 e. The molecule has 0 saturated carbocycles. The topological polar surface area (TPSA) is 75.3 Å². The zero-order chi connectivity index (χ0) is 17.7. The summed E-state index contributed by atoms with van der Waals surface area (Å²) >= 11 is 5.78. The van der Waals surface area contributed by atoms with Gasteiger partial charge in [0, 0.05) is 17.8 Å². The van der Waals surface area contributed by atoms with Crippen LogP contribution in [0.3, 0.4) is 0 Å². The van der Waals surface area contributed by atoms with Gasteiger partial charge in [-0.25, -0.2) is 12.8 Å². The Labute approximate surface area is 144 Å². The fourth-order valence-corrected chi connectivity index (χ4v) is 2.98. The molecule has 0 aliphatic carbocycles. The highest BCUT2D eigenvalue weighted by Gasteiger charge is 2.15. The molecule has 8 heteroatoms. The maximum atomic E-state index is 13.2. The highest BCUT2D eigenvalue weighted by atomic mass is 35.5. The first-order valence-electron chi connectivity index (χ1n) is 7.00. The van der Waals surface area contributed by atoms with Gasteiger partial charge in [0.15, 0.2) is 9.84 Å². The molecule has 0 aromatic heterocycles. The van der Waals surface area contributed by atoms with Gasteiger partial charge in [-0.05, 0) is 35.9 Å². The minimum Gasteiger partial charge on any atom is -0.375 e. The van der Waals surface area contributed by atoms with Crippen LogP contribution in [0.2, 0.25) is 5.02 Å². The second-order valence-corrected chi connectivity index (χ2v) is 7.59. The zero-order valence-electron chi connectivity index (χ0n) is 12.8. The molecule has 0 bridgehead atoms. The van der Waals surface area contributed by atoms with Gasteiger partial charge >= 0.3 is 0 Å². The van der Waals surface area contributed by atoms with E-state index in [1.165, 1.54) is 6.07 Å². The molecule has 5 nitrogen and oxygen atoms in total. The SMILES string of the molecule is CS(=O)(=O)c1cc(F)ccc1NCC(=O)NCc1ccc(Cl)cc1. The molecule has 0 spiro atoms. The van der Waals surface area contributed by atoms with E-state index in [1.807, 2.05) is 0 Å². The second-order valence-electron chi connectivity index (χ2n) is 5.17. The number of carbonyl (C=O) groups is 1. The van der Waals surface area contributed by atoms with Gasteiger partial charge in [0.25, 0.3) is 0 Å². The minimum absolute atomic E-state index is 0.137. The normalized spacial score (nSPS) is 11.1. The van der Waals surface area contributed by atoms with E-state index in [-0.39, 0.29) is 23.0 Å². The van der Waals surface area contributed by atoms with Crippen molar-refractivity contribution in [3.8, 4) is 0 Å². The van der Waals surface area contributed by atoms with Crippen molar-refractivity contribution in [2.45, 2.75) is 11.4 Å². The highest BCUT2D eigenvalue weighted by Crippen LogP contribution is 2.22. The van der Waals surface area contributed by atoms with Gasteiger partial charge in [-0.1, -0.05) is 23.7 Å². The highest BCUT2D eigenvalue weighted by molar-refractivity contribution is 7.90. The zero-order valence-corrected chi connectivity index (χ0v) is 14.4. The van der Waals surface area contributed by atoms with E-state index in [2.05, 4.69) is 10.6 Å².